The maximum atomic E-state index is 14.1. The maximum Gasteiger partial charge on any atom is 0.439 e. The Kier molecular flexibility index (Phi) is 9.07. The lowest BCUT2D eigenvalue weighted by atomic mass is 9.95. The van der Waals surface area contributed by atoms with E-state index >= 15 is 0 Å². The van der Waals surface area contributed by atoms with E-state index in [0.29, 0.717) is 23.6 Å². The number of aromatic nitrogens is 4. The number of hydrogen-bond acceptors (Lipinski definition) is 7. The van der Waals surface area contributed by atoms with E-state index in [1.54, 1.807) is 4.57 Å². The van der Waals surface area contributed by atoms with Gasteiger partial charge in [0.2, 0.25) is 0 Å². The summed E-state index contributed by atoms with van der Waals surface area (Å²) in [5.41, 5.74) is 5.85. The first-order valence-electron chi connectivity index (χ1n) is 15.7. The number of aromatic amines is 1. The maximum absolute atomic E-state index is 14.1. The summed E-state index contributed by atoms with van der Waals surface area (Å²) in [5, 5.41) is 13.7. The topological polar surface area (TPSA) is 123 Å². The molecule has 2 heterocycles. The molecule has 1 aliphatic rings. The quantitative estimate of drug-likeness (QED) is 0.195. The Morgan fingerprint density at radius 2 is 1.67 bits per heavy atom. The molecule has 0 saturated heterocycles. The molecule has 0 aliphatic heterocycles. The average Bonchev–Trinajstić information content (AvgIpc) is 3.49. The summed E-state index contributed by atoms with van der Waals surface area (Å²) >= 11 is 0. The fraction of sp³-hybridized carbons (Fsp3) is 0.333. The van der Waals surface area contributed by atoms with Crippen molar-refractivity contribution in [3.63, 3.8) is 0 Å². The Hall–Kier alpha value is -4.76. The number of unbranched alkanes of at least 4 members (excludes halogenated alkanes) is 1. The van der Waals surface area contributed by atoms with Crippen LogP contribution in [0.25, 0.3) is 28.2 Å². The summed E-state index contributed by atoms with van der Waals surface area (Å²) < 4.78 is 12.6. The summed E-state index contributed by atoms with van der Waals surface area (Å²) in [4.78, 5) is 33.3. The molecule has 9 nitrogen and oxygen atoms in total. The van der Waals surface area contributed by atoms with E-state index in [-0.39, 0.29) is 17.8 Å². The standard InChI is InChI=1S/C36H38N4O5/c1-3-4-9-33-32(22-24-10-12-25(13-11-24)30-7-5-6-8-31(30)34-38-36(43)45-39-34)35(42)40(23(2)37-33)26-14-18-28(19-15-26)44-29-20-16-27(41)17-21-29/h5-8,10-15,18-19,27,29,41H,3-4,9,16-17,20-22H2,1-2H3,(H,38,39,43)/t27-,29-. The van der Waals surface area contributed by atoms with Crippen molar-refractivity contribution in [1.29, 1.82) is 0 Å². The molecule has 0 unspecified atom stereocenters. The highest BCUT2D eigenvalue weighted by molar-refractivity contribution is 5.80. The van der Waals surface area contributed by atoms with Gasteiger partial charge in [0, 0.05) is 17.5 Å². The smallest absolute Gasteiger partial charge is 0.439 e. The lowest BCUT2D eigenvalue weighted by molar-refractivity contribution is 0.0666. The van der Waals surface area contributed by atoms with Crippen LogP contribution in [0.3, 0.4) is 0 Å². The molecule has 3 aromatic carbocycles. The lowest BCUT2D eigenvalue weighted by Crippen LogP contribution is -2.28. The monoisotopic (exact) mass is 606 g/mol. The van der Waals surface area contributed by atoms with Crippen LogP contribution in [0.4, 0.5) is 0 Å². The molecule has 1 fully saturated rings. The summed E-state index contributed by atoms with van der Waals surface area (Å²) in [6.07, 6.45) is 6.23. The first-order chi connectivity index (χ1) is 21.9. The number of ether oxygens (including phenoxy) is 1. The molecule has 2 N–H and O–H groups in total. The number of nitrogens with zero attached hydrogens (tertiary/aromatic N) is 3. The van der Waals surface area contributed by atoms with Crippen LogP contribution in [-0.4, -0.2) is 37.0 Å². The number of H-pyrrole nitrogens is 1. The molecule has 1 aliphatic carbocycles. The van der Waals surface area contributed by atoms with Crippen molar-refractivity contribution >= 4 is 0 Å². The molecule has 9 heteroatoms. The zero-order valence-corrected chi connectivity index (χ0v) is 25.7. The van der Waals surface area contributed by atoms with Gasteiger partial charge in [0.1, 0.15) is 11.6 Å². The predicted molar refractivity (Wildman–Crippen MR) is 173 cm³/mol. The van der Waals surface area contributed by atoms with Gasteiger partial charge < -0.3 is 9.84 Å². The third-order valence-electron chi connectivity index (χ3n) is 8.51. The lowest BCUT2D eigenvalue weighted by Gasteiger charge is -2.26. The Balaban J connectivity index is 1.28. The van der Waals surface area contributed by atoms with E-state index < -0.39 is 5.76 Å². The van der Waals surface area contributed by atoms with Gasteiger partial charge in [-0.05, 0) is 86.4 Å². The summed E-state index contributed by atoms with van der Waals surface area (Å²) in [6.45, 7) is 4.02. The van der Waals surface area contributed by atoms with Crippen molar-refractivity contribution in [2.75, 3.05) is 0 Å². The van der Waals surface area contributed by atoms with Crippen LogP contribution < -0.4 is 16.1 Å². The first-order valence-corrected chi connectivity index (χ1v) is 15.7. The molecule has 2 aromatic heterocycles. The second kappa shape index (κ2) is 13.5. The van der Waals surface area contributed by atoms with Crippen molar-refractivity contribution in [3.05, 3.63) is 116 Å². The van der Waals surface area contributed by atoms with Crippen molar-refractivity contribution in [1.82, 2.24) is 19.7 Å². The molecule has 1 saturated carbocycles. The molecule has 6 rings (SSSR count). The minimum atomic E-state index is -0.600. The van der Waals surface area contributed by atoms with Crippen LogP contribution in [0.2, 0.25) is 0 Å². The largest absolute Gasteiger partial charge is 0.490 e. The Morgan fingerprint density at radius 1 is 0.956 bits per heavy atom. The van der Waals surface area contributed by atoms with E-state index in [9.17, 15) is 14.7 Å². The number of benzene rings is 3. The Morgan fingerprint density at radius 3 is 2.33 bits per heavy atom. The Labute approximate surface area is 261 Å². The highest BCUT2D eigenvalue weighted by Crippen LogP contribution is 2.30. The van der Waals surface area contributed by atoms with Crippen LogP contribution in [0.1, 0.15) is 68.1 Å². The van der Waals surface area contributed by atoms with Gasteiger partial charge in [-0.25, -0.2) is 9.78 Å². The predicted octanol–water partition coefficient (Wildman–Crippen LogP) is 6.17. The number of aliphatic hydroxyl groups is 1. The van der Waals surface area contributed by atoms with Crippen molar-refractivity contribution in [3.8, 4) is 34.0 Å². The SMILES string of the molecule is CCCCc1nc(C)n(-c2ccc(O[C@H]3CC[C@H](O)CC3)cc2)c(=O)c1Cc1ccc(-c2ccccc2-c2noc(=O)[nH]2)cc1. The molecular weight excluding hydrogens is 568 g/mol. The van der Waals surface area contributed by atoms with Crippen molar-refractivity contribution in [2.24, 2.45) is 0 Å². The number of aliphatic hydroxyl groups excluding tert-OH is 1. The van der Waals surface area contributed by atoms with Gasteiger partial charge in [-0.15, -0.1) is 0 Å². The number of aryl methyl sites for hydroxylation is 2. The minimum Gasteiger partial charge on any atom is -0.490 e. The normalized spacial score (nSPS) is 16.5. The van der Waals surface area contributed by atoms with E-state index in [0.717, 1.165) is 84.3 Å². The summed E-state index contributed by atoms with van der Waals surface area (Å²) in [7, 11) is 0. The van der Waals surface area contributed by atoms with Crippen LogP contribution >= 0.6 is 0 Å². The fourth-order valence-electron chi connectivity index (χ4n) is 6.07. The molecule has 0 bridgehead atoms. The average molecular weight is 607 g/mol. The van der Waals surface area contributed by atoms with Gasteiger partial charge >= 0.3 is 5.76 Å². The van der Waals surface area contributed by atoms with Crippen LogP contribution in [-0.2, 0) is 12.8 Å². The van der Waals surface area contributed by atoms with Gasteiger partial charge in [0.15, 0.2) is 5.82 Å². The molecule has 0 spiro atoms. The summed E-state index contributed by atoms with van der Waals surface area (Å²) in [6, 6.07) is 23.4. The molecule has 5 aromatic rings. The second-order valence-corrected chi connectivity index (χ2v) is 11.7. The van der Waals surface area contributed by atoms with Crippen LogP contribution in [0, 0.1) is 6.92 Å². The molecule has 0 radical (unpaired) electrons. The van der Waals surface area contributed by atoms with Gasteiger partial charge in [0.05, 0.1) is 23.6 Å². The minimum absolute atomic E-state index is 0.0621. The third-order valence-corrected chi connectivity index (χ3v) is 8.51. The van der Waals surface area contributed by atoms with E-state index in [4.69, 9.17) is 14.2 Å². The third kappa shape index (κ3) is 6.83. The zero-order chi connectivity index (χ0) is 31.3. The molecular formula is C36H38N4O5. The van der Waals surface area contributed by atoms with Gasteiger partial charge in [0.25, 0.3) is 5.56 Å². The van der Waals surface area contributed by atoms with E-state index in [2.05, 4.69) is 17.1 Å². The molecule has 0 amide bonds. The summed E-state index contributed by atoms with van der Waals surface area (Å²) in [5.74, 6) is 1.19. The fourth-order valence-corrected chi connectivity index (χ4v) is 6.07. The van der Waals surface area contributed by atoms with Gasteiger partial charge in [-0.1, -0.05) is 67.0 Å². The van der Waals surface area contributed by atoms with E-state index in [1.165, 1.54) is 0 Å². The van der Waals surface area contributed by atoms with Crippen LogP contribution in [0.15, 0.2) is 86.9 Å². The van der Waals surface area contributed by atoms with E-state index in [1.807, 2.05) is 79.7 Å². The molecule has 232 valence electrons. The second-order valence-electron chi connectivity index (χ2n) is 11.7. The number of hydrogen-bond donors (Lipinski definition) is 2. The number of nitrogens with one attached hydrogen (secondary N) is 1. The zero-order valence-electron chi connectivity index (χ0n) is 25.7. The molecule has 45 heavy (non-hydrogen) atoms. The van der Waals surface area contributed by atoms with Gasteiger partial charge in [-0.3, -0.25) is 18.9 Å². The van der Waals surface area contributed by atoms with Crippen molar-refractivity contribution < 1.29 is 14.4 Å². The highest BCUT2D eigenvalue weighted by atomic mass is 16.5. The first kappa shape index (κ1) is 30.3. The van der Waals surface area contributed by atoms with Crippen LogP contribution in [0.5, 0.6) is 5.75 Å². The highest BCUT2D eigenvalue weighted by Gasteiger charge is 2.21. The van der Waals surface area contributed by atoms with Crippen molar-refractivity contribution in [2.45, 2.75) is 77.4 Å². The molecule has 0 atom stereocenters. The number of rotatable bonds is 10. The Bertz CT molecular complexity index is 1860. The van der Waals surface area contributed by atoms with Gasteiger partial charge in [-0.2, -0.15) is 0 Å².